The van der Waals surface area contributed by atoms with Crippen LogP contribution in [0.25, 0.3) is 0 Å². The van der Waals surface area contributed by atoms with Gasteiger partial charge in [-0.1, -0.05) is 11.6 Å². The molecule has 7 heteroatoms. The maximum atomic E-state index is 13.0. The van der Waals surface area contributed by atoms with E-state index in [1.165, 1.54) is 30.5 Å². The van der Waals surface area contributed by atoms with Crippen molar-refractivity contribution in [3.05, 3.63) is 46.9 Å². The molecule has 0 aliphatic heterocycles. The average Bonchev–Trinajstić information content (AvgIpc) is 2.36. The minimum absolute atomic E-state index is 0.0407. The van der Waals surface area contributed by atoms with Crippen molar-refractivity contribution in [3.63, 3.8) is 0 Å². The van der Waals surface area contributed by atoms with Gasteiger partial charge in [-0.05, 0) is 24.3 Å². The van der Waals surface area contributed by atoms with Crippen molar-refractivity contribution >= 4 is 34.7 Å². The lowest BCUT2D eigenvalue weighted by Crippen LogP contribution is -2.14. The van der Waals surface area contributed by atoms with Gasteiger partial charge in [-0.15, -0.1) is 0 Å². The van der Waals surface area contributed by atoms with E-state index in [-0.39, 0.29) is 16.4 Å². The number of hydrogen-bond donors (Lipinski definition) is 3. The number of carbonyl (C=O) groups excluding carboxylic acids is 1. The standard InChI is InChI=1S/C12H10ClFN4O/c13-9-4-7(1-2-10(9)14)18-12-8(11(16)19)3-6(15)5-17-12/h1-5H,15H2,(H2,16,19)(H,17,18). The van der Waals surface area contributed by atoms with Crippen molar-refractivity contribution < 1.29 is 9.18 Å². The van der Waals surface area contributed by atoms with E-state index >= 15 is 0 Å². The molecule has 0 aliphatic rings. The van der Waals surface area contributed by atoms with Crippen LogP contribution in [0, 0.1) is 5.82 Å². The summed E-state index contributed by atoms with van der Waals surface area (Å²) in [5, 5.41) is 2.79. The molecule has 5 N–H and O–H groups in total. The lowest BCUT2D eigenvalue weighted by molar-refractivity contribution is 0.100. The highest BCUT2D eigenvalue weighted by Crippen LogP contribution is 2.24. The first-order chi connectivity index (χ1) is 8.97. The predicted octanol–water partition coefficient (Wildman–Crippen LogP) is 2.30. The van der Waals surface area contributed by atoms with E-state index in [9.17, 15) is 9.18 Å². The second-order valence-corrected chi connectivity index (χ2v) is 4.19. The van der Waals surface area contributed by atoms with Gasteiger partial charge in [0.25, 0.3) is 5.91 Å². The van der Waals surface area contributed by atoms with Gasteiger partial charge in [0.15, 0.2) is 0 Å². The number of carbonyl (C=O) groups is 1. The molecule has 0 saturated heterocycles. The lowest BCUT2D eigenvalue weighted by Gasteiger charge is -2.10. The summed E-state index contributed by atoms with van der Waals surface area (Å²) in [6.07, 6.45) is 1.37. The number of benzene rings is 1. The summed E-state index contributed by atoms with van der Waals surface area (Å²) in [5.41, 5.74) is 11.7. The van der Waals surface area contributed by atoms with Crippen LogP contribution in [0.15, 0.2) is 30.5 Å². The molecule has 1 aromatic carbocycles. The highest BCUT2D eigenvalue weighted by molar-refractivity contribution is 6.31. The molecule has 0 radical (unpaired) electrons. The highest BCUT2D eigenvalue weighted by atomic mass is 35.5. The minimum atomic E-state index is -0.671. The van der Waals surface area contributed by atoms with E-state index < -0.39 is 11.7 Å². The molecule has 0 saturated carbocycles. The van der Waals surface area contributed by atoms with E-state index in [1.54, 1.807) is 0 Å². The van der Waals surface area contributed by atoms with Crippen molar-refractivity contribution in [2.75, 3.05) is 11.1 Å². The zero-order valence-electron chi connectivity index (χ0n) is 9.65. The monoisotopic (exact) mass is 280 g/mol. The molecule has 98 valence electrons. The number of primary amides is 1. The van der Waals surface area contributed by atoms with E-state index in [2.05, 4.69) is 10.3 Å². The molecular weight excluding hydrogens is 271 g/mol. The van der Waals surface area contributed by atoms with Gasteiger partial charge in [-0.2, -0.15) is 0 Å². The van der Waals surface area contributed by atoms with Crippen LogP contribution in [-0.4, -0.2) is 10.9 Å². The number of nitrogens with one attached hydrogen (secondary N) is 1. The Balaban J connectivity index is 2.37. The maximum Gasteiger partial charge on any atom is 0.252 e. The lowest BCUT2D eigenvalue weighted by atomic mass is 10.2. The molecule has 0 spiro atoms. The summed E-state index contributed by atoms with van der Waals surface area (Å²) in [4.78, 5) is 15.3. The molecule has 1 amide bonds. The van der Waals surface area contributed by atoms with Gasteiger partial charge in [-0.25, -0.2) is 9.37 Å². The first-order valence-electron chi connectivity index (χ1n) is 5.25. The second kappa shape index (κ2) is 5.11. The first-order valence-corrected chi connectivity index (χ1v) is 5.62. The summed E-state index contributed by atoms with van der Waals surface area (Å²) in [6, 6.07) is 5.44. The smallest absolute Gasteiger partial charge is 0.252 e. The van der Waals surface area contributed by atoms with Crippen molar-refractivity contribution in [1.29, 1.82) is 0 Å². The highest BCUT2D eigenvalue weighted by Gasteiger charge is 2.11. The molecule has 0 bridgehead atoms. The molecular formula is C12H10ClFN4O. The molecule has 2 aromatic rings. The molecule has 5 nitrogen and oxygen atoms in total. The van der Waals surface area contributed by atoms with Crippen LogP contribution >= 0.6 is 11.6 Å². The van der Waals surface area contributed by atoms with Crippen LogP contribution in [0.1, 0.15) is 10.4 Å². The van der Waals surface area contributed by atoms with Crippen LogP contribution in [-0.2, 0) is 0 Å². The summed E-state index contributed by atoms with van der Waals surface area (Å²) in [6.45, 7) is 0. The van der Waals surface area contributed by atoms with Gasteiger partial charge in [-0.3, -0.25) is 4.79 Å². The molecule has 0 fully saturated rings. The summed E-state index contributed by atoms with van der Waals surface area (Å²) in [7, 11) is 0. The van der Waals surface area contributed by atoms with E-state index in [0.29, 0.717) is 11.4 Å². The topological polar surface area (TPSA) is 94.0 Å². The number of pyridine rings is 1. The Morgan fingerprint density at radius 1 is 1.37 bits per heavy atom. The van der Waals surface area contributed by atoms with Gasteiger partial charge < -0.3 is 16.8 Å². The number of anilines is 3. The van der Waals surface area contributed by atoms with Gasteiger partial charge in [0.2, 0.25) is 0 Å². The second-order valence-electron chi connectivity index (χ2n) is 3.78. The van der Waals surface area contributed by atoms with Crippen LogP contribution in [0.4, 0.5) is 21.6 Å². The Bertz CT molecular complexity index is 648. The van der Waals surface area contributed by atoms with Crippen molar-refractivity contribution in [2.45, 2.75) is 0 Å². The number of nitrogens with two attached hydrogens (primary N) is 2. The molecule has 1 heterocycles. The van der Waals surface area contributed by atoms with Gasteiger partial charge in [0, 0.05) is 5.69 Å². The third kappa shape index (κ3) is 2.92. The summed E-state index contributed by atoms with van der Waals surface area (Å²) >= 11 is 5.66. The largest absolute Gasteiger partial charge is 0.397 e. The van der Waals surface area contributed by atoms with E-state index in [4.69, 9.17) is 23.1 Å². The number of nitrogens with zero attached hydrogens (tertiary/aromatic N) is 1. The Hall–Kier alpha value is -2.34. The Labute approximate surface area is 113 Å². The quantitative estimate of drug-likeness (QED) is 0.804. The summed E-state index contributed by atoms with van der Waals surface area (Å²) in [5.74, 6) is -0.979. The minimum Gasteiger partial charge on any atom is -0.397 e. The predicted molar refractivity (Wildman–Crippen MR) is 71.9 cm³/mol. The maximum absolute atomic E-state index is 13.0. The van der Waals surface area contributed by atoms with Gasteiger partial charge in [0.1, 0.15) is 11.6 Å². The van der Waals surface area contributed by atoms with Crippen molar-refractivity contribution in [3.8, 4) is 0 Å². The zero-order chi connectivity index (χ0) is 14.0. The van der Waals surface area contributed by atoms with Crippen LogP contribution in [0.2, 0.25) is 5.02 Å². The Morgan fingerprint density at radius 3 is 2.74 bits per heavy atom. The third-order valence-electron chi connectivity index (χ3n) is 2.36. The average molecular weight is 281 g/mol. The normalized spacial score (nSPS) is 10.2. The molecule has 0 unspecified atom stereocenters. The number of hydrogen-bond acceptors (Lipinski definition) is 4. The van der Waals surface area contributed by atoms with Crippen LogP contribution in [0.5, 0.6) is 0 Å². The molecule has 0 atom stereocenters. The van der Waals surface area contributed by atoms with Gasteiger partial charge in [0.05, 0.1) is 22.5 Å². The van der Waals surface area contributed by atoms with Crippen LogP contribution < -0.4 is 16.8 Å². The van der Waals surface area contributed by atoms with E-state index in [0.717, 1.165) is 0 Å². The molecule has 2 rings (SSSR count). The number of aromatic nitrogens is 1. The fourth-order valence-corrected chi connectivity index (χ4v) is 1.66. The van der Waals surface area contributed by atoms with E-state index in [1.807, 2.05) is 0 Å². The van der Waals surface area contributed by atoms with Crippen molar-refractivity contribution in [1.82, 2.24) is 4.98 Å². The number of nitrogen functional groups attached to an aromatic ring is 1. The first kappa shape index (κ1) is 13.1. The number of halogens is 2. The molecule has 19 heavy (non-hydrogen) atoms. The van der Waals surface area contributed by atoms with Crippen molar-refractivity contribution in [2.24, 2.45) is 5.73 Å². The Morgan fingerprint density at radius 2 is 2.11 bits per heavy atom. The van der Waals surface area contributed by atoms with Gasteiger partial charge >= 0.3 is 0 Å². The number of rotatable bonds is 3. The summed E-state index contributed by atoms with van der Waals surface area (Å²) < 4.78 is 13.0. The molecule has 0 aliphatic carbocycles. The number of amides is 1. The molecule has 1 aromatic heterocycles. The zero-order valence-corrected chi connectivity index (χ0v) is 10.4. The van der Waals surface area contributed by atoms with Crippen LogP contribution in [0.3, 0.4) is 0 Å². The fraction of sp³-hybridized carbons (Fsp3) is 0. The fourth-order valence-electron chi connectivity index (χ4n) is 1.48. The Kier molecular flexibility index (Phi) is 3.52. The SMILES string of the molecule is NC(=O)c1cc(N)cnc1Nc1ccc(F)c(Cl)c1. The third-order valence-corrected chi connectivity index (χ3v) is 2.65.